The van der Waals surface area contributed by atoms with Crippen LogP contribution in [-0.2, 0) is 0 Å². The number of anilines is 1. The summed E-state index contributed by atoms with van der Waals surface area (Å²) in [6.45, 7) is 1.82. The fourth-order valence-electron chi connectivity index (χ4n) is 3.18. The summed E-state index contributed by atoms with van der Waals surface area (Å²) >= 11 is 0. The average molecular weight is 414 g/mol. The van der Waals surface area contributed by atoms with Gasteiger partial charge in [0.15, 0.2) is 5.58 Å². The average Bonchev–Trinajstić information content (AvgIpc) is 3.42. The zero-order chi connectivity index (χ0) is 21.4. The van der Waals surface area contributed by atoms with Crippen molar-refractivity contribution in [3.8, 4) is 22.8 Å². The molecule has 0 aliphatic rings. The Labute approximate surface area is 175 Å². The number of rotatable bonds is 4. The summed E-state index contributed by atoms with van der Waals surface area (Å²) in [5.74, 6) is -0.297. The van der Waals surface area contributed by atoms with Crippen LogP contribution in [0, 0.1) is 12.7 Å². The van der Waals surface area contributed by atoms with Crippen LogP contribution in [0.25, 0.3) is 33.8 Å². The van der Waals surface area contributed by atoms with Crippen molar-refractivity contribution in [2.24, 2.45) is 0 Å². The fourth-order valence-corrected chi connectivity index (χ4v) is 3.18. The number of benzene rings is 2. The monoisotopic (exact) mass is 414 g/mol. The summed E-state index contributed by atoms with van der Waals surface area (Å²) in [5, 5.41) is 7.56. The number of carbonyl (C=O) groups excluding carboxylic acids is 1. The number of oxazole rings is 1. The number of nitrogens with zero attached hydrogens (tertiary/aromatic N) is 3. The van der Waals surface area contributed by atoms with Gasteiger partial charge in [-0.2, -0.15) is 0 Å². The Balaban J connectivity index is 1.48. The quantitative estimate of drug-likeness (QED) is 0.432. The highest BCUT2D eigenvalue weighted by Crippen LogP contribution is 2.30. The molecular formula is C23H15FN4O3. The number of aryl methyl sites for hydroxylation is 1. The van der Waals surface area contributed by atoms with Gasteiger partial charge in [0.2, 0.25) is 5.89 Å². The van der Waals surface area contributed by atoms with Gasteiger partial charge in [-0.1, -0.05) is 5.16 Å². The molecule has 0 saturated carbocycles. The van der Waals surface area contributed by atoms with Gasteiger partial charge in [-0.05, 0) is 61.5 Å². The van der Waals surface area contributed by atoms with Crippen molar-refractivity contribution in [3.05, 3.63) is 84.1 Å². The van der Waals surface area contributed by atoms with Crippen LogP contribution in [-0.4, -0.2) is 21.0 Å². The lowest BCUT2D eigenvalue weighted by atomic mass is 10.1. The molecule has 0 bridgehead atoms. The van der Waals surface area contributed by atoms with Crippen LogP contribution in [0.15, 0.2) is 76.0 Å². The predicted octanol–water partition coefficient (Wildman–Crippen LogP) is 5.24. The molecule has 0 atom stereocenters. The van der Waals surface area contributed by atoms with Crippen molar-refractivity contribution in [2.45, 2.75) is 6.92 Å². The van der Waals surface area contributed by atoms with Gasteiger partial charge >= 0.3 is 0 Å². The smallest absolute Gasteiger partial charge is 0.255 e. The second-order valence-corrected chi connectivity index (χ2v) is 6.88. The molecule has 2 aromatic carbocycles. The maximum atomic E-state index is 13.2. The molecule has 0 unspecified atom stereocenters. The molecule has 0 spiro atoms. The molecule has 1 amide bonds. The van der Waals surface area contributed by atoms with E-state index in [1.807, 2.05) is 6.92 Å². The van der Waals surface area contributed by atoms with Crippen molar-refractivity contribution in [3.63, 3.8) is 0 Å². The molecule has 31 heavy (non-hydrogen) atoms. The zero-order valence-electron chi connectivity index (χ0n) is 16.3. The van der Waals surface area contributed by atoms with Gasteiger partial charge < -0.3 is 14.3 Å². The Morgan fingerprint density at radius 2 is 1.94 bits per heavy atom. The number of pyridine rings is 1. The number of hydrogen-bond donors (Lipinski definition) is 1. The van der Waals surface area contributed by atoms with Gasteiger partial charge in [0, 0.05) is 17.3 Å². The fraction of sp³-hybridized carbons (Fsp3) is 0.0435. The second-order valence-electron chi connectivity index (χ2n) is 6.88. The van der Waals surface area contributed by atoms with Crippen molar-refractivity contribution >= 4 is 22.6 Å². The molecule has 152 valence electrons. The highest BCUT2D eigenvalue weighted by molar-refractivity contribution is 6.07. The number of nitrogens with one attached hydrogen (secondary N) is 1. The van der Waals surface area contributed by atoms with Crippen LogP contribution in [0.2, 0.25) is 0 Å². The predicted molar refractivity (Wildman–Crippen MR) is 112 cm³/mol. The van der Waals surface area contributed by atoms with Gasteiger partial charge in [-0.25, -0.2) is 9.37 Å². The molecule has 3 heterocycles. The van der Waals surface area contributed by atoms with Crippen LogP contribution in [0.5, 0.6) is 0 Å². The van der Waals surface area contributed by atoms with Gasteiger partial charge in [-0.15, -0.1) is 0 Å². The molecule has 1 N–H and O–H groups in total. The molecule has 5 aromatic rings. The maximum Gasteiger partial charge on any atom is 0.255 e. The van der Waals surface area contributed by atoms with E-state index in [-0.39, 0.29) is 11.7 Å². The number of carbonyl (C=O) groups is 1. The summed E-state index contributed by atoms with van der Waals surface area (Å²) in [6, 6.07) is 14.4. The molecule has 0 radical (unpaired) electrons. The maximum absolute atomic E-state index is 13.2. The van der Waals surface area contributed by atoms with Crippen LogP contribution in [0.4, 0.5) is 10.1 Å². The van der Waals surface area contributed by atoms with Crippen molar-refractivity contribution in [1.82, 2.24) is 15.1 Å². The van der Waals surface area contributed by atoms with Crippen LogP contribution < -0.4 is 5.32 Å². The minimum Gasteiger partial charge on any atom is -0.444 e. The molecule has 0 fully saturated rings. The normalized spacial score (nSPS) is 11.0. The third kappa shape index (κ3) is 3.55. The van der Waals surface area contributed by atoms with Crippen LogP contribution in [0.1, 0.15) is 16.1 Å². The molecular weight excluding hydrogens is 399 g/mol. The lowest BCUT2D eigenvalue weighted by Gasteiger charge is -2.07. The number of aromatic nitrogens is 3. The minimum absolute atomic E-state index is 0.280. The molecule has 0 aliphatic heterocycles. The summed E-state index contributed by atoms with van der Waals surface area (Å²) in [7, 11) is 0. The largest absolute Gasteiger partial charge is 0.444 e. The topological polar surface area (TPSA) is 94.1 Å². The molecule has 3 aromatic heterocycles. The number of halogens is 1. The lowest BCUT2D eigenvalue weighted by molar-refractivity contribution is 0.102. The third-order valence-corrected chi connectivity index (χ3v) is 4.83. The molecule has 5 rings (SSSR count). The van der Waals surface area contributed by atoms with Gasteiger partial charge in [0.1, 0.15) is 23.5 Å². The van der Waals surface area contributed by atoms with Crippen molar-refractivity contribution < 1.29 is 18.1 Å². The van der Waals surface area contributed by atoms with E-state index < -0.39 is 0 Å². The summed E-state index contributed by atoms with van der Waals surface area (Å²) < 4.78 is 24.1. The standard InChI is InChI=1S/C23H15FN4O3/c1-13-18(3-2-10-25-13)26-22(29)15-6-9-20-17(11-15)21(28-31-20)19-12-30-23(27-19)14-4-7-16(24)8-5-14/h2-12H,1H3,(H,26,29). The molecule has 0 aliphatic carbocycles. The van der Waals surface area contributed by atoms with Crippen LogP contribution in [0.3, 0.4) is 0 Å². The second kappa shape index (κ2) is 7.49. The van der Waals surface area contributed by atoms with E-state index in [9.17, 15) is 9.18 Å². The first-order valence-electron chi connectivity index (χ1n) is 9.43. The lowest BCUT2D eigenvalue weighted by Crippen LogP contribution is -2.13. The Bertz CT molecular complexity index is 1410. The Hall–Kier alpha value is -4.33. The first-order valence-corrected chi connectivity index (χ1v) is 9.43. The first kappa shape index (κ1) is 18.7. The van der Waals surface area contributed by atoms with E-state index in [2.05, 4.69) is 20.4 Å². The number of amides is 1. The van der Waals surface area contributed by atoms with Crippen LogP contribution >= 0.6 is 0 Å². The molecule has 7 nitrogen and oxygen atoms in total. The van der Waals surface area contributed by atoms with E-state index in [4.69, 9.17) is 8.94 Å². The summed E-state index contributed by atoms with van der Waals surface area (Å²) in [4.78, 5) is 21.4. The number of hydrogen-bond acceptors (Lipinski definition) is 6. The van der Waals surface area contributed by atoms with Gasteiger partial charge in [-0.3, -0.25) is 9.78 Å². The highest BCUT2D eigenvalue weighted by atomic mass is 19.1. The molecule has 0 saturated heterocycles. The van der Waals surface area contributed by atoms with E-state index in [1.165, 1.54) is 18.4 Å². The third-order valence-electron chi connectivity index (χ3n) is 4.83. The molecule has 8 heteroatoms. The Morgan fingerprint density at radius 1 is 1.10 bits per heavy atom. The first-order chi connectivity index (χ1) is 15.1. The Kier molecular flexibility index (Phi) is 4.51. The van der Waals surface area contributed by atoms with E-state index >= 15 is 0 Å². The van der Waals surface area contributed by atoms with Crippen molar-refractivity contribution in [1.29, 1.82) is 0 Å². The van der Waals surface area contributed by atoms with Gasteiger partial charge in [0.05, 0.1) is 16.8 Å². The van der Waals surface area contributed by atoms with Crippen molar-refractivity contribution in [2.75, 3.05) is 5.32 Å². The van der Waals surface area contributed by atoms with E-state index in [1.54, 1.807) is 48.7 Å². The van der Waals surface area contributed by atoms with E-state index in [0.717, 1.165) is 5.69 Å². The minimum atomic E-state index is -0.342. The Morgan fingerprint density at radius 3 is 2.74 bits per heavy atom. The zero-order valence-corrected chi connectivity index (χ0v) is 16.3. The van der Waals surface area contributed by atoms with E-state index in [0.29, 0.717) is 45.1 Å². The van der Waals surface area contributed by atoms with Gasteiger partial charge in [0.25, 0.3) is 5.91 Å². The summed E-state index contributed by atoms with van der Waals surface area (Å²) in [5.41, 5.74) is 3.82. The summed E-state index contributed by atoms with van der Waals surface area (Å²) in [6.07, 6.45) is 3.11. The number of fused-ring (bicyclic) bond motifs is 1. The highest BCUT2D eigenvalue weighted by Gasteiger charge is 2.18. The SMILES string of the molecule is Cc1ncccc1NC(=O)c1ccc2onc(-c3coc(-c4ccc(F)cc4)n3)c2c1.